The van der Waals surface area contributed by atoms with Crippen LogP contribution in [0.2, 0.25) is 0 Å². The molecule has 0 aromatic heterocycles. The number of carbonyl (C=O) groups is 1. The molecule has 1 aliphatic heterocycles. The number of hydrogen-bond donors (Lipinski definition) is 0. The molecule has 1 saturated heterocycles. The molecule has 102 valence electrons. The lowest BCUT2D eigenvalue weighted by Gasteiger charge is -2.21. The normalized spacial score (nSPS) is 19.9. The topological polar surface area (TPSA) is 20.3 Å². The van der Waals surface area contributed by atoms with Gasteiger partial charge in [-0.25, -0.2) is 0 Å². The van der Waals surface area contributed by atoms with Crippen molar-refractivity contribution in [3.05, 3.63) is 42.0 Å². The third-order valence-electron chi connectivity index (χ3n) is 3.39. The molecule has 19 heavy (non-hydrogen) atoms. The second-order valence-corrected chi connectivity index (χ2v) is 4.65. The minimum absolute atomic E-state index is 0.00134. The van der Waals surface area contributed by atoms with E-state index in [9.17, 15) is 18.0 Å². The van der Waals surface area contributed by atoms with Crippen LogP contribution in [0.3, 0.4) is 0 Å². The zero-order chi connectivity index (χ0) is 14.2. The van der Waals surface area contributed by atoms with Gasteiger partial charge < -0.3 is 4.90 Å². The molecule has 0 bridgehead atoms. The van der Waals surface area contributed by atoms with Crippen LogP contribution in [0.25, 0.3) is 0 Å². The van der Waals surface area contributed by atoms with Crippen molar-refractivity contribution in [2.24, 2.45) is 5.92 Å². The van der Waals surface area contributed by atoms with E-state index in [0.717, 1.165) is 6.07 Å². The SMILES string of the molecule is C=CC1CC(=O)N(c2cccc(C(F)(F)F)c2C)C1. The predicted octanol–water partition coefficient (Wildman–Crippen LogP) is 3.55. The van der Waals surface area contributed by atoms with Gasteiger partial charge in [0.1, 0.15) is 0 Å². The van der Waals surface area contributed by atoms with Crippen molar-refractivity contribution in [3.63, 3.8) is 0 Å². The summed E-state index contributed by atoms with van der Waals surface area (Å²) in [5, 5.41) is 0. The summed E-state index contributed by atoms with van der Waals surface area (Å²) in [5.41, 5.74) is -0.267. The standard InChI is InChI=1S/C14H14F3NO/c1-3-10-7-13(19)18(8-10)12-6-4-5-11(9(12)2)14(15,16)17/h3-6,10H,1,7-8H2,2H3. The van der Waals surface area contributed by atoms with Crippen molar-refractivity contribution in [2.45, 2.75) is 19.5 Å². The molecule has 1 amide bonds. The van der Waals surface area contributed by atoms with Crippen LogP contribution < -0.4 is 4.90 Å². The number of alkyl halides is 3. The third-order valence-corrected chi connectivity index (χ3v) is 3.39. The molecule has 1 fully saturated rings. The molecule has 1 aromatic carbocycles. The molecular formula is C14H14F3NO. The fraction of sp³-hybridized carbons (Fsp3) is 0.357. The molecule has 1 atom stereocenters. The maximum Gasteiger partial charge on any atom is 0.416 e. The number of amides is 1. The molecule has 0 radical (unpaired) electrons. The highest BCUT2D eigenvalue weighted by atomic mass is 19.4. The predicted molar refractivity (Wildman–Crippen MR) is 66.8 cm³/mol. The van der Waals surface area contributed by atoms with E-state index >= 15 is 0 Å². The Labute approximate surface area is 109 Å². The number of rotatable bonds is 2. The van der Waals surface area contributed by atoms with Gasteiger partial charge in [-0.05, 0) is 24.6 Å². The van der Waals surface area contributed by atoms with E-state index in [1.54, 1.807) is 12.1 Å². The highest BCUT2D eigenvalue weighted by Crippen LogP contribution is 2.37. The molecule has 1 aliphatic rings. The first kappa shape index (κ1) is 13.6. The van der Waals surface area contributed by atoms with Crippen LogP contribution in [-0.4, -0.2) is 12.5 Å². The van der Waals surface area contributed by atoms with E-state index in [0.29, 0.717) is 18.7 Å². The maximum absolute atomic E-state index is 12.8. The van der Waals surface area contributed by atoms with Gasteiger partial charge in [-0.15, -0.1) is 6.58 Å². The average molecular weight is 269 g/mol. The first-order valence-electron chi connectivity index (χ1n) is 5.94. The van der Waals surface area contributed by atoms with Crippen molar-refractivity contribution in [1.29, 1.82) is 0 Å². The Balaban J connectivity index is 2.42. The zero-order valence-electron chi connectivity index (χ0n) is 10.5. The largest absolute Gasteiger partial charge is 0.416 e. The summed E-state index contributed by atoms with van der Waals surface area (Å²) >= 11 is 0. The number of halogens is 3. The molecule has 5 heteroatoms. The Morgan fingerprint density at radius 1 is 1.42 bits per heavy atom. The fourth-order valence-electron chi connectivity index (χ4n) is 2.35. The molecular weight excluding hydrogens is 255 g/mol. The number of benzene rings is 1. The highest BCUT2D eigenvalue weighted by molar-refractivity contribution is 5.96. The Kier molecular flexibility index (Phi) is 3.39. The Morgan fingerprint density at radius 3 is 2.63 bits per heavy atom. The molecule has 1 aromatic rings. The van der Waals surface area contributed by atoms with E-state index in [1.165, 1.54) is 17.9 Å². The van der Waals surface area contributed by atoms with Crippen molar-refractivity contribution in [3.8, 4) is 0 Å². The van der Waals surface area contributed by atoms with Gasteiger partial charge in [-0.2, -0.15) is 13.2 Å². The number of anilines is 1. The summed E-state index contributed by atoms with van der Waals surface area (Å²) in [7, 11) is 0. The average Bonchev–Trinajstić information content (AvgIpc) is 2.69. The van der Waals surface area contributed by atoms with Gasteiger partial charge in [0.05, 0.1) is 5.56 Å². The Morgan fingerprint density at radius 2 is 2.11 bits per heavy atom. The second kappa shape index (κ2) is 4.72. The molecule has 2 rings (SSSR count). The van der Waals surface area contributed by atoms with E-state index in [4.69, 9.17) is 0 Å². The molecule has 1 unspecified atom stereocenters. The molecule has 0 aliphatic carbocycles. The van der Waals surface area contributed by atoms with Crippen LogP contribution in [0.1, 0.15) is 17.5 Å². The van der Waals surface area contributed by atoms with Crippen LogP contribution in [0, 0.1) is 12.8 Å². The lowest BCUT2D eigenvalue weighted by molar-refractivity contribution is -0.138. The third kappa shape index (κ3) is 2.50. The van der Waals surface area contributed by atoms with E-state index < -0.39 is 11.7 Å². The van der Waals surface area contributed by atoms with Gasteiger partial charge in [-0.1, -0.05) is 12.1 Å². The van der Waals surface area contributed by atoms with Gasteiger partial charge in [-0.3, -0.25) is 4.79 Å². The van der Waals surface area contributed by atoms with Gasteiger partial charge in [0, 0.05) is 24.6 Å². The summed E-state index contributed by atoms with van der Waals surface area (Å²) in [6, 6.07) is 3.91. The number of carbonyl (C=O) groups excluding carboxylic acids is 1. The van der Waals surface area contributed by atoms with Crippen molar-refractivity contribution in [1.82, 2.24) is 0 Å². The van der Waals surface area contributed by atoms with Crippen LogP contribution in [-0.2, 0) is 11.0 Å². The van der Waals surface area contributed by atoms with Crippen LogP contribution >= 0.6 is 0 Å². The van der Waals surface area contributed by atoms with E-state index in [1.807, 2.05) is 0 Å². The van der Waals surface area contributed by atoms with Crippen LogP contribution in [0.4, 0.5) is 18.9 Å². The maximum atomic E-state index is 12.8. The minimum atomic E-state index is -4.40. The number of hydrogen-bond acceptors (Lipinski definition) is 1. The highest BCUT2D eigenvalue weighted by Gasteiger charge is 2.35. The fourth-order valence-corrected chi connectivity index (χ4v) is 2.35. The van der Waals surface area contributed by atoms with Gasteiger partial charge in [0.15, 0.2) is 0 Å². The lowest BCUT2D eigenvalue weighted by atomic mass is 10.1. The van der Waals surface area contributed by atoms with E-state index in [-0.39, 0.29) is 17.4 Å². The molecule has 0 spiro atoms. The van der Waals surface area contributed by atoms with Crippen LogP contribution in [0.5, 0.6) is 0 Å². The summed E-state index contributed by atoms with van der Waals surface area (Å²) < 4.78 is 38.5. The first-order valence-corrected chi connectivity index (χ1v) is 5.94. The number of nitrogens with zero attached hydrogens (tertiary/aromatic N) is 1. The summed E-state index contributed by atoms with van der Waals surface area (Å²) in [4.78, 5) is 13.3. The van der Waals surface area contributed by atoms with Crippen molar-refractivity contribution in [2.75, 3.05) is 11.4 Å². The summed E-state index contributed by atoms with van der Waals surface area (Å²) in [6.07, 6.45) is -2.43. The molecule has 0 saturated carbocycles. The van der Waals surface area contributed by atoms with Gasteiger partial charge in [0.25, 0.3) is 0 Å². The Bertz CT molecular complexity index is 522. The molecule has 0 N–H and O–H groups in total. The summed E-state index contributed by atoms with van der Waals surface area (Å²) in [6.45, 7) is 5.41. The molecule has 1 heterocycles. The second-order valence-electron chi connectivity index (χ2n) is 4.65. The van der Waals surface area contributed by atoms with Crippen LogP contribution in [0.15, 0.2) is 30.9 Å². The zero-order valence-corrected chi connectivity index (χ0v) is 10.5. The monoisotopic (exact) mass is 269 g/mol. The smallest absolute Gasteiger partial charge is 0.312 e. The first-order chi connectivity index (χ1) is 8.84. The van der Waals surface area contributed by atoms with Crippen molar-refractivity contribution < 1.29 is 18.0 Å². The quantitative estimate of drug-likeness (QED) is 0.752. The van der Waals surface area contributed by atoms with Crippen molar-refractivity contribution >= 4 is 11.6 Å². The summed E-state index contributed by atoms with van der Waals surface area (Å²) in [5.74, 6) is -0.159. The minimum Gasteiger partial charge on any atom is -0.312 e. The molecule has 2 nitrogen and oxygen atoms in total. The van der Waals surface area contributed by atoms with Gasteiger partial charge >= 0.3 is 6.18 Å². The lowest BCUT2D eigenvalue weighted by Crippen LogP contribution is -2.26. The Hall–Kier alpha value is -1.78. The van der Waals surface area contributed by atoms with Gasteiger partial charge in [0.2, 0.25) is 5.91 Å². The van der Waals surface area contributed by atoms with E-state index in [2.05, 4.69) is 6.58 Å².